The number of hydrogen-bond donors (Lipinski definition) is 2. The van der Waals surface area contributed by atoms with Crippen LogP contribution in [0.1, 0.15) is 18.4 Å². The van der Waals surface area contributed by atoms with Gasteiger partial charge in [-0.3, -0.25) is 14.5 Å². The first-order valence-electron chi connectivity index (χ1n) is 8.75. The Morgan fingerprint density at radius 2 is 1.96 bits per heavy atom. The fourth-order valence-corrected chi connectivity index (χ4v) is 3.78. The molecule has 0 aliphatic carbocycles. The van der Waals surface area contributed by atoms with Crippen LogP contribution in [0.25, 0.3) is 6.08 Å². The highest BCUT2D eigenvalue weighted by Crippen LogP contribution is 2.17. The molecule has 8 heteroatoms. The number of benzene rings is 2. The van der Waals surface area contributed by atoms with E-state index in [2.05, 4.69) is 15.0 Å². The molecule has 2 aromatic rings. The lowest BCUT2D eigenvalue weighted by molar-refractivity contribution is -0.111. The van der Waals surface area contributed by atoms with Gasteiger partial charge in [-0.15, -0.1) is 0 Å². The molecule has 0 aromatic heterocycles. The lowest BCUT2D eigenvalue weighted by Gasteiger charge is -2.09. The molecule has 1 aliphatic heterocycles. The Hall–Kier alpha value is -3.13. The molecule has 0 unspecified atom stereocenters. The van der Waals surface area contributed by atoms with Gasteiger partial charge in [0, 0.05) is 24.7 Å². The van der Waals surface area contributed by atoms with E-state index in [0.717, 1.165) is 17.7 Å². The van der Waals surface area contributed by atoms with E-state index in [1.807, 2.05) is 12.1 Å². The molecule has 0 radical (unpaired) electrons. The van der Waals surface area contributed by atoms with Crippen LogP contribution in [0.3, 0.4) is 0 Å². The smallest absolute Gasteiger partial charge is 0.262 e. The lowest BCUT2D eigenvalue weighted by Crippen LogP contribution is -2.29. The van der Waals surface area contributed by atoms with Crippen molar-refractivity contribution in [3.63, 3.8) is 0 Å². The summed E-state index contributed by atoms with van der Waals surface area (Å²) in [4.78, 5) is 16.3. The quantitative estimate of drug-likeness (QED) is 0.730. The van der Waals surface area contributed by atoms with E-state index >= 15 is 0 Å². The summed E-state index contributed by atoms with van der Waals surface area (Å²) >= 11 is 0. The number of anilines is 1. The number of aliphatic imine (C=N–C) groups is 1. The summed E-state index contributed by atoms with van der Waals surface area (Å²) in [5, 5.41) is 2.67. The molecule has 7 nitrogen and oxygen atoms in total. The van der Waals surface area contributed by atoms with Gasteiger partial charge in [0.1, 0.15) is 11.6 Å². The van der Waals surface area contributed by atoms with Crippen molar-refractivity contribution in [3.05, 3.63) is 60.2 Å². The molecular formula is C20H21N3O4S. The van der Waals surface area contributed by atoms with Crippen molar-refractivity contribution in [2.45, 2.75) is 17.7 Å². The van der Waals surface area contributed by atoms with E-state index in [9.17, 15) is 13.2 Å². The number of nitrogens with one attached hydrogen (secondary N) is 2. The highest BCUT2D eigenvalue weighted by Gasteiger charge is 2.18. The molecule has 0 spiro atoms. The Morgan fingerprint density at radius 1 is 1.18 bits per heavy atom. The number of hydrogen-bond acceptors (Lipinski definition) is 5. The average Bonchev–Trinajstić information content (AvgIpc) is 3.19. The summed E-state index contributed by atoms with van der Waals surface area (Å²) in [6.45, 7) is 0.633. The largest absolute Gasteiger partial charge is 0.497 e. The topological polar surface area (TPSA) is 96.9 Å². The number of nitrogens with zero attached hydrogens (tertiary/aromatic N) is 1. The van der Waals surface area contributed by atoms with Crippen LogP contribution in [0.2, 0.25) is 0 Å². The van der Waals surface area contributed by atoms with E-state index in [1.165, 1.54) is 18.2 Å². The molecule has 146 valence electrons. The van der Waals surface area contributed by atoms with Crippen LogP contribution >= 0.6 is 0 Å². The van der Waals surface area contributed by atoms with E-state index < -0.39 is 10.0 Å². The van der Waals surface area contributed by atoms with Crippen molar-refractivity contribution >= 4 is 33.5 Å². The van der Waals surface area contributed by atoms with Gasteiger partial charge in [0.05, 0.1) is 12.0 Å². The summed E-state index contributed by atoms with van der Waals surface area (Å²) in [5.41, 5.74) is 1.23. The maximum absolute atomic E-state index is 12.5. The summed E-state index contributed by atoms with van der Waals surface area (Å²) < 4.78 is 32.5. The van der Waals surface area contributed by atoms with Crippen LogP contribution in [0.4, 0.5) is 5.69 Å². The zero-order chi connectivity index (χ0) is 20.0. The molecule has 0 bridgehead atoms. The van der Waals surface area contributed by atoms with Gasteiger partial charge in [-0.25, -0.2) is 8.42 Å². The van der Waals surface area contributed by atoms with Crippen LogP contribution in [0.5, 0.6) is 5.75 Å². The van der Waals surface area contributed by atoms with Crippen molar-refractivity contribution in [1.82, 2.24) is 4.72 Å². The standard InChI is InChI=1S/C20H21N3O4S/c1-27-17-10-7-15(8-11-17)9-12-20(24)22-16-4-2-5-18(14-16)28(25,26)23-19-6-3-13-21-19/h2,4-5,7-12,14H,3,6,13H2,1H3,(H,21,23)(H,22,24). The molecule has 1 heterocycles. The predicted molar refractivity (Wildman–Crippen MR) is 109 cm³/mol. The van der Waals surface area contributed by atoms with Gasteiger partial charge in [0.15, 0.2) is 0 Å². The summed E-state index contributed by atoms with van der Waals surface area (Å²) in [7, 11) is -2.14. The van der Waals surface area contributed by atoms with Crippen molar-refractivity contribution in [1.29, 1.82) is 0 Å². The highest BCUT2D eigenvalue weighted by molar-refractivity contribution is 7.90. The monoisotopic (exact) mass is 399 g/mol. The maximum atomic E-state index is 12.5. The zero-order valence-electron chi connectivity index (χ0n) is 15.4. The zero-order valence-corrected chi connectivity index (χ0v) is 16.2. The molecule has 2 aromatic carbocycles. The molecule has 28 heavy (non-hydrogen) atoms. The van der Waals surface area contributed by atoms with Gasteiger partial charge in [-0.05, 0) is 48.4 Å². The molecule has 0 saturated carbocycles. The molecule has 0 fully saturated rings. The first-order valence-corrected chi connectivity index (χ1v) is 10.2. The second-order valence-corrected chi connectivity index (χ2v) is 7.84. The van der Waals surface area contributed by atoms with E-state index in [-0.39, 0.29) is 10.8 Å². The lowest BCUT2D eigenvalue weighted by atomic mass is 10.2. The van der Waals surface area contributed by atoms with Gasteiger partial charge in [0.25, 0.3) is 10.0 Å². The Kier molecular flexibility index (Phi) is 6.10. The van der Waals surface area contributed by atoms with Crippen molar-refractivity contribution in [2.24, 2.45) is 4.99 Å². The number of amides is 1. The SMILES string of the molecule is COc1ccc(C=CC(=O)Nc2cccc(S(=O)(=O)NC3=NCCC3)c2)cc1. The number of carbonyl (C=O) groups excluding carboxylic acids is 1. The second-order valence-electron chi connectivity index (χ2n) is 6.16. The molecule has 3 rings (SSSR count). The normalized spacial score (nSPS) is 14.0. The third-order valence-electron chi connectivity index (χ3n) is 4.08. The van der Waals surface area contributed by atoms with Crippen LogP contribution in [-0.4, -0.2) is 33.8 Å². The predicted octanol–water partition coefficient (Wildman–Crippen LogP) is 2.82. The number of ether oxygens (including phenoxy) is 1. The van der Waals surface area contributed by atoms with Crippen LogP contribution in [0.15, 0.2) is 64.5 Å². The Bertz CT molecular complexity index is 1010. The number of amidine groups is 1. The summed E-state index contributed by atoms with van der Waals surface area (Å²) in [5.74, 6) is 0.840. The minimum atomic E-state index is -3.73. The van der Waals surface area contributed by atoms with Crippen LogP contribution in [-0.2, 0) is 14.8 Å². The Morgan fingerprint density at radius 3 is 2.64 bits per heavy atom. The summed E-state index contributed by atoms with van der Waals surface area (Å²) in [6, 6.07) is 13.3. The minimum Gasteiger partial charge on any atom is -0.497 e. The van der Waals surface area contributed by atoms with Crippen molar-refractivity contribution in [2.75, 3.05) is 19.0 Å². The first-order chi connectivity index (χ1) is 13.5. The molecule has 1 aliphatic rings. The third kappa shape index (κ3) is 5.20. The van der Waals surface area contributed by atoms with Gasteiger partial charge in [-0.2, -0.15) is 0 Å². The van der Waals surface area contributed by atoms with E-state index in [0.29, 0.717) is 24.5 Å². The molecule has 0 saturated heterocycles. The molecule has 0 atom stereocenters. The number of methoxy groups -OCH3 is 1. The van der Waals surface area contributed by atoms with Crippen molar-refractivity contribution < 1.29 is 17.9 Å². The summed E-state index contributed by atoms with van der Waals surface area (Å²) in [6.07, 6.45) is 4.50. The number of sulfonamides is 1. The third-order valence-corrected chi connectivity index (χ3v) is 5.46. The second kappa shape index (κ2) is 8.71. The van der Waals surface area contributed by atoms with Gasteiger partial charge in [-0.1, -0.05) is 18.2 Å². The molecule has 2 N–H and O–H groups in total. The van der Waals surface area contributed by atoms with Gasteiger partial charge >= 0.3 is 0 Å². The van der Waals surface area contributed by atoms with Crippen LogP contribution in [0, 0.1) is 0 Å². The molecule has 1 amide bonds. The Balaban J connectivity index is 1.66. The van der Waals surface area contributed by atoms with Gasteiger partial charge in [0.2, 0.25) is 5.91 Å². The minimum absolute atomic E-state index is 0.0685. The first kappa shape index (κ1) is 19.6. The van der Waals surface area contributed by atoms with Crippen molar-refractivity contribution in [3.8, 4) is 5.75 Å². The number of rotatable bonds is 6. The average molecular weight is 399 g/mol. The van der Waals surface area contributed by atoms with Crippen LogP contribution < -0.4 is 14.8 Å². The molecular weight excluding hydrogens is 378 g/mol. The highest BCUT2D eigenvalue weighted by atomic mass is 32.2. The maximum Gasteiger partial charge on any atom is 0.262 e. The number of carbonyl (C=O) groups is 1. The van der Waals surface area contributed by atoms with E-state index in [4.69, 9.17) is 4.74 Å². The van der Waals surface area contributed by atoms with E-state index in [1.54, 1.807) is 37.5 Å². The Labute approximate surface area is 164 Å². The fraction of sp³-hybridized carbons (Fsp3) is 0.200. The van der Waals surface area contributed by atoms with Gasteiger partial charge < -0.3 is 10.1 Å². The fourth-order valence-electron chi connectivity index (χ4n) is 2.65.